The SMILES string of the molecule is COC(=O)c1ccc2c(c1)OCCN(C(=O)[C@@H]1CCCOC1)C2. The highest BCUT2D eigenvalue weighted by molar-refractivity contribution is 5.90. The van der Waals surface area contributed by atoms with Crippen molar-refractivity contribution < 1.29 is 23.8 Å². The third-order valence-electron chi connectivity index (χ3n) is 4.29. The summed E-state index contributed by atoms with van der Waals surface area (Å²) in [6, 6.07) is 5.20. The zero-order valence-corrected chi connectivity index (χ0v) is 13.2. The number of esters is 1. The van der Waals surface area contributed by atoms with E-state index in [1.54, 1.807) is 12.1 Å². The van der Waals surface area contributed by atoms with Gasteiger partial charge in [0.1, 0.15) is 12.4 Å². The van der Waals surface area contributed by atoms with Gasteiger partial charge in [-0.25, -0.2) is 4.79 Å². The molecule has 1 atom stereocenters. The molecule has 2 aliphatic heterocycles. The second kappa shape index (κ2) is 7.00. The van der Waals surface area contributed by atoms with Crippen LogP contribution in [0.15, 0.2) is 18.2 Å². The van der Waals surface area contributed by atoms with E-state index >= 15 is 0 Å². The minimum Gasteiger partial charge on any atom is -0.491 e. The van der Waals surface area contributed by atoms with Crippen LogP contribution >= 0.6 is 0 Å². The summed E-state index contributed by atoms with van der Waals surface area (Å²) >= 11 is 0. The molecular weight excluding hydrogens is 298 g/mol. The van der Waals surface area contributed by atoms with E-state index in [0.29, 0.717) is 37.6 Å². The Morgan fingerprint density at radius 2 is 2.17 bits per heavy atom. The highest BCUT2D eigenvalue weighted by atomic mass is 16.5. The molecule has 0 aliphatic carbocycles. The summed E-state index contributed by atoms with van der Waals surface area (Å²) in [6.45, 7) is 2.69. The van der Waals surface area contributed by atoms with E-state index in [4.69, 9.17) is 14.2 Å². The van der Waals surface area contributed by atoms with E-state index in [-0.39, 0.29) is 11.8 Å². The second-order valence-corrected chi connectivity index (χ2v) is 5.84. The fourth-order valence-corrected chi connectivity index (χ4v) is 3.00. The van der Waals surface area contributed by atoms with Crippen LogP contribution in [0.4, 0.5) is 0 Å². The molecule has 0 spiro atoms. The first-order chi connectivity index (χ1) is 11.2. The highest BCUT2D eigenvalue weighted by Gasteiger charge is 2.28. The lowest BCUT2D eigenvalue weighted by molar-refractivity contribution is -0.140. The number of carbonyl (C=O) groups excluding carboxylic acids is 2. The smallest absolute Gasteiger partial charge is 0.337 e. The van der Waals surface area contributed by atoms with E-state index in [0.717, 1.165) is 25.0 Å². The Kier molecular flexibility index (Phi) is 4.81. The number of nitrogens with zero attached hydrogens (tertiary/aromatic N) is 1. The number of benzene rings is 1. The van der Waals surface area contributed by atoms with Gasteiger partial charge in [-0.05, 0) is 25.0 Å². The van der Waals surface area contributed by atoms with E-state index < -0.39 is 5.97 Å². The average Bonchev–Trinajstić information content (AvgIpc) is 2.82. The Morgan fingerprint density at radius 1 is 1.30 bits per heavy atom. The van der Waals surface area contributed by atoms with Crippen molar-refractivity contribution in [3.05, 3.63) is 29.3 Å². The maximum absolute atomic E-state index is 12.7. The van der Waals surface area contributed by atoms with E-state index in [1.165, 1.54) is 7.11 Å². The Balaban J connectivity index is 1.75. The number of ether oxygens (including phenoxy) is 3. The van der Waals surface area contributed by atoms with Gasteiger partial charge in [-0.2, -0.15) is 0 Å². The number of amides is 1. The van der Waals surface area contributed by atoms with Crippen molar-refractivity contribution in [2.24, 2.45) is 5.92 Å². The van der Waals surface area contributed by atoms with Crippen LogP contribution in [0, 0.1) is 5.92 Å². The minimum atomic E-state index is -0.395. The van der Waals surface area contributed by atoms with Gasteiger partial charge in [0.05, 0.1) is 31.7 Å². The molecule has 0 N–H and O–H groups in total. The van der Waals surface area contributed by atoms with Crippen LogP contribution in [-0.2, 0) is 20.8 Å². The summed E-state index contributed by atoms with van der Waals surface area (Å²) in [6.07, 6.45) is 1.81. The number of hydrogen-bond donors (Lipinski definition) is 0. The Labute approximate surface area is 135 Å². The predicted molar refractivity (Wildman–Crippen MR) is 82.2 cm³/mol. The van der Waals surface area contributed by atoms with Gasteiger partial charge in [0.2, 0.25) is 5.91 Å². The quantitative estimate of drug-likeness (QED) is 0.775. The molecule has 23 heavy (non-hydrogen) atoms. The molecule has 6 heteroatoms. The summed E-state index contributed by atoms with van der Waals surface area (Å²) < 4.78 is 15.9. The summed E-state index contributed by atoms with van der Waals surface area (Å²) in [5, 5.41) is 0. The Bertz CT molecular complexity index is 595. The van der Waals surface area contributed by atoms with Gasteiger partial charge in [0.15, 0.2) is 0 Å². The van der Waals surface area contributed by atoms with Crippen LogP contribution < -0.4 is 4.74 Å². The van der Waals surface area contributed by atoms with Gasteiger partial charge in [0.25, 0.3) is 0 Å². The van der Waals surface area contributed by atoms with Gasteiger partial charge < -0.3 is 19.1 Å². The first-order valence-corrected chi connectivity index (χ1v) is 7.89. The first kappa shape index (κ1) is 15.8. The van der Waals surface area contributed by atoms with Crippen molar-refractivity contribution in [1.82, 2.24) is 4.90 Å². The van der Waals surface area contributed by atoms with Crippen LogP contribution in [0.25, 0.3) is 0 Å². The van der Waals surface area contributed by atoms with Crippen molar-refractivity contribution >= 4 is 11.9 Å². The third-order valence-corrected chi connectivity index (χ3v) is 4.29. The maximum Gasteiger partial charge on any atom is 0.337 e. The molecule has 1 saturated heterocycles. The molecule has 2 aliphatic rings. The number of hydrogen-bond acceptors (Lipinski definition) is 5. The van der Waals surface area contributed by atoms with Crippen molar-refractivity contribution in [1.29, 1.82) is 0 Å². The average molecular weight is 319 g/mol. The molecule has 0 saturated carbocycles. The van der Waals surface area contributed by atoms with E-state index in [2.05, 4.69) is 0 Å². The van der Waals surface area contributed by atoms with Gasteiger partial charge in [-0.1, -0.05) is 6.07 Å². The molecule has 0 aromatic heterocycles. The van der Waals surface area contributed by atoms with Crippen LogP contribution in [-0.4, -0.2) is 50.3 Å². The van der Waals surface area contributed by atoms with Gasteiger partial charge >= 0.3 is 5.97 Å². The topological polar surface area (TPSA) is 65.1 Å². The van der Waals surface area contributed by atoms with Crippen LogP contribution in [0.2, 0.25) is 0 Å². The van der Waals surface area contributed by atoms with Gasteiger partial charge in [-0.15, -0.1) is 0 Å². The molecule has 1 fully saturated rings. The maximum atomic E-state index is 12.7. The Morgan fingerprint density at radius 3 is 2.91 bits per heavy atom. The van der Waals surface area contributed by atoms with Gasteiger partial charge in [-0.3, -0.25) is 4.79 Å². The predicted octanol–water partition coefficient (Wildman–Crippen LogP) is 1.62. The molecule has 3 rings (SSSR count). The standard InChI is InChI=1S/C17H21NO5/c1-21-17(20)12-4-5-13-10-18(6-8-23-15(13)9-12)16(19)14-3-2-7-22-11-14/h4-5,9,14H,2-3,6-8,10-11H2,1H3/t14-/m1/s1. The molecule has 6 nitrogen and oxygen atoms in total. The number of carbonyl (C=O) groups is 2. The summed E-state index contributed by atoms with van der Waals surface area (Å²) in [4.78, 5) is 26.1. The highest BCUT2D eigenvalue weighted by Crippen LogP contribution is 2.26. The lowest BCUT2D eigenvalue weighted by atomic mass is 10.00. The third kappa shape index (κ3) is 3.47. The molecule has 0 unspecified atom stereocenters. The molecule has 124 valence electrons. The Hall–Kier alpha value is -2.08. The summed E-state index contributed by atoms with van der Waals surface area (Å²) in [7, 11) is 1.35. The molecule has 1 aromatic carbocycles. The van der Waals surface area contributed by atoms with Crippen molar-refractivity contribution in [3.63, 3.8) is 0 Å². The summed E-state index contributed by atoms with van der Waals surface area (Å²) in [5.74, 6) is 0.314. The number of methoxy groups -OCH3 is 1. The monoisotopic (exact) mass is 319 g/mol. The number of fused-ring (bicyclic) bond motifs is 1. The molecule has 0 bridgehead atoms. The van der Waals surface area contributed by atoms with Crippen LogP contribution in [0.3, 0.4) is 0 Å². The summed E-state index contributed by atoms with van der Waals surface area (Å²) in [5.41, 5.74) is 1.35. The molecule has 0 radical (unpaired) electrons. The van der Waals surface area contributed by atoms with Crippen molar-refractivity contribution in [3.8, 4) is 5.75 Å². The first-order valence-electron chi connectivity index (χ1n) is 7.89. The fourth-order valence-electron chi connectivity index (χ4n) is 3.00. The van der Waals surface area contributed by atoms with Gasteiger partial charge in [0, 0.05) is 18.7 Å². The molecule has 1 amide bonds. The lowest BCUT2D eigenvalue weighted by Gasteiger charge is -2.28. The molecule has 2 heterocycles. The number of rotatable bonds is 2. The van der Waals surface area contributed by atoms with Crippen LogP contribution in [0.1, 0.15) is 28.8 Å². The normalized spacial score (nSPS) is 20.9. The van der Waals surface area contributed by atoms with Crippen molar-refractivity contribution in [2.45, 2.75) is 19.4 Å². The zero-order valence-electron chi connectivity index (χ0n) is 13.2. The fraction of sp³-hybridized carbons (Fsp3) is 0.529. The second-order valence-electron chi connectivity index (χ2n) is 5.84. The largest absolute Gasteiger partial charge is 0.491 e. The minimum absolute atomic E-state index is 0.0559. The van der Waals surface area contributed by atoms with E-state index in [9.17, 15) is 9.59 Å². The van der Waals surface area contributed by atoms with E-state index in [1.807, 2.05) is 11.0 Å². The molecule has 1 aromatic rings. The van der Waals surface area contributed by atoms with Crippen LogP contribution in [0.5, 0.6) is 5.75 Å². The lowest BCUT2D eigenvalue weighted by Crippen LogP contribution is -2.40. The molecular formula is C17H21NO5. The van der Waals surface area contributed by atoms with Crippen molar-refractivity contribution in [2.75, 3.05) is 33.5 Å². The zero-order chi connectivity index (χ0) is 16.2.